The van der Waals surface area contributed by atoms with Gasteiger partial charge in [-0.2, -0.15) is 18.3 Å². The third kappa shape index (κ3) is 4.61. The van der Waals surface area contributed by atoms with E-state index >= 15 is 0 Å². The number of rotatable bonds is 7. The molecule has 0 aliphatic heterocycles. The van der Waals surface area contributed by atoms with Crippen LogP contribution >= 0.6 is 0 Å². The first-order valence-corrected chi connectivity index (χ1v) is 12.7. The predicted molar refractivity (Wildman–Crippen MR) is 139 cm³/mol. The molecule has 5 aromatic rings. The fourth-order valence-corrected chi connectivity index (χ4v) is 4.65. The number of hydrogen-bond donors (Lipinski definition) is 1. The molecule has 40 heavy (non-hydrogen) atoms. The first-order valence-electron chi connectivity index (χ1n) is 12.7. The number of methoxy groups -OCH3 is 1. The number of ether oxygens (including phenoxy) is 1. The summed E-state index contributed by atoms with van der Waals surface area (Å²) in [4.78, 5) is 21.8. The summed E-state index contributed by atoms with van der Waals surface area (Å²) in [6.45, 7) is 3.70. The normalized spacial score (nSPS) is 13.9. The van der Waals surface area contributed by atoms with E-state index in [1.807, 2.05) is 0 Å². The number of phenols is 1. The van der Waals surface area contributed by atoms with Crippen molar-refractivity contribution in [2.75, 3.05) is 7.11 Å². The van der Waals surface area contributed by atoms with E-state index in [9.17, 15) is 18.3 Å². The van der Waals surface area contributed by atoms with Gasteiger partial charge in [-0.15, -0.1) is 0 Å². The van der Waals surface area contributed by atoms with Crippen LogP contribution < -0.4 is 4.74 Å². The second-order valence-electron chi connectivity index (χ2n) is 9.98. The van der Waals surface area contributed by atoms with Crippen LogP contribution in [-0.4, -0.2) is 51.5 Å². The van der Waals surface area contributed by atoms with Crippen molar-refractivity contribution in [3.8, 4) is 34.4 Å². The molecule has 0 radical (unpaired) electrons. The molecular weight excluding hydrogens is 525 g/mol. The third-order valence-corrected chi connectivity index (χ3v) is 6.84. The van der Waals surface area contributed by atoms with Gasteiger partial charge >= 0.3 is 6.18 Å². The zero-order chi connectivity index (χ0) is 28.2. The van der Waals surface area contributed by atoms with Gasteiger partial charge in [0.15, 0.2) is 17.2 Å². The molecule has 0 atom stereocenters. The molecule has 4 heterocycles. The molecule has 1 aliphatic carbocycles. The highest BCUT2D eigenvalue weighted by atomic mass is 19.4. The van der Waals surface area contributed by atoms with Crippen molar-refractivity contribution < 1.29 is 23.0 Å². The Morgan fingerprint density at radius 2 is 1.90 bits per heavy atom. The number of hydrogen-bond acceptors (Lipinski definition) is 8. The van der Waals surface area contributed by atoms with Crippen LogP contribution in [0.1, 0.15) is 55.6 Å². The van der Waals surface area contributed by atoms with Gasteiger partial charge in [0, 0.05) is 35.5 Å². The fourth-order valence-electron chi connectivity index (χ4n) is 4.65. The maximum absolute atomic E-state index is 13.3. The van der Waals surface area contributed by atoms with E-state index < -0.39 is 11.9 Å². The molecule has 1 aliphatic rings. The predicted octanol–water partition coefficient (Wildman–Crippen LogP) is 5.39. The lowest BCUT2D eigenvalue weighted by Gasteiger charge is -2.13. The van der Waals surface area contributed by atoms with Gasteiger partial charge in [-0.25, -0.2) is 29.6 Å². The molecule has 0 saturated heterocycles. The van der Waals surface area contributed by atoms with Crippen LogP contribution in [0.2, 0.25) is 0 Å². The smallest absolute Gasteiger partial charge is 0.434 e. The molecule has 1 N–H and O–H groups in total. The topological polar surface area (TPSA) is 117 Å². The summed E-state index contributed by atoms with van der Waals surface area (Å²) in [5, 5.41) is 16.0. The number of aromatic nitrogens is 8. The van der Waals surface area contributed by atoms with E-state index in [0.717, 1.165) is 24.7 Å². The highest BCUT2D eigenvalue weighted by Crippen LogP contribution is 2.45. The minimum Gasteiger partial charge on any atom is -0.508 e. The lowest BCUT2D eigenvalue weighted by Crippen LogP contribution is -2.06. The number of aromatic hydroxyl groups is 1. The maximum Gasteiger partial charge on any atom is 0.434 e. The molecule has 10 nitrogen and oxygen atoms in total. The van der Waals surface area contributed by atoms with Gasteiger partial charge in [0.25, 0.3) is 0 Å². The quantitative estimate of drug-likeness (QED) is 0.287. The molecule has 1 saturated carbocycles. The Hall–Kier alpha value is -4.55. The van der Waals surface area contributed by atoms with Crippen LogP contribution in [0.3, 0.4) is 0 Å². The number of benzene rings is 1. The van der Waals surface area contributed by atoms with E-state index in [-0.39, 0.29) is 24.2 Å². The number of nitrogens with zero attached hydrogens (tertiary/aromatic N) is 8. The summed E-state index contributed by atoms with van der Waals surface area (Å²) in [6.07, 6.45) is 3.23. The van der Waals surface area contributed by atoms with E-state index in [0.29, 0.717) is 45.3 Å². The van der Waals surface area contributed by atoms with Crippen LogP contribution in [0.5, 0.6) is 11.6 Å². The molecule has 0 unspecified atom stereocenters. The Morgan fingerprint density at radius 3 is 2.58 bits per heavy atom. The van der Waals surface area contributed by atoms with Crippen molar-refractivity contribution in [1.29, 1.82) is 0 Å². The summed E-state index contributed by atoms with van der Waals surface area (Å²) in [6, 6.07) is 4.43. The van der Waals surface area contributed by atoms with Gasteiger partial charge in [-0.3, -0.25) is 0 Å². The van der Waals surface area contributed by atoms with Crippen LogP contribution in [0.4, 0.5) is 13.2 Å². The summed E-state index contributed by atoms with van der Waals surface area (Å²) >= 11 is 0. The molecule has 0 bridgehead atoms. The molecule has 0 amide bonds. The van der Waals surface area contributed by atoms with Gasteiger partial charge in [0.1, 0.15) is 23.5 Å². The number of fused-ring (bicyclic) bond motifs is 1. The van der Waals surface area contributed by atoms with Crippen molar-refractivity contribution in [1.82, 2.24) is 39.3 Å². The first-order chi connectivity index (χ1) is 19.1. The molecule has 1 aromatic carbocycles. The van der Waals surface area contributed by atoms with E-state index in [2.05, 4.69) is 25.0 Å². The van der Waals surface area contributed by atoms with Gasteiger partial charge < -0.3 is 14.4 Å². The molecule has 206 valence electrons. The second-order valence-corrected chi connectivity index (χ2v) is 9.98. The van der Waals surface area contributed by atoms with Gasteiger partial charge in [0.05, 0.1) is 30.9 Å². The van der Waals surface area contributed by atoms with Crippen molar-refractivity contribution >= 4 is 11.0 Å². The molecule has 13 heteroatoms. The van der Waals surface area contributed by atoms with E-state index in [1.54, 1.807) is 43.1 Å². The molecule has 1 fully saturated rings. The Balaban J connectivity index is 1.35. The van der Waals surface area contributed by atoms with Crippen LogP contribution in [0, 0.1) is 0 Å². The summed E-state index contributed by atoms with van der Waals surface area (Å²) in [5.41, 5.74) is 1.91. The van der Waals surface area contributed by atoms with Crippen LogP contribution in [0.15, 0.2) is 43.1 Å². The van der Waals surface area contributed by atoms with E-state index in [1.165, 1.54) is 24.1 Å². The number of alkyl halides is 3. The Bertz CT molecular complexity index is 1720. The molecular formula is C27H25F3N8O2. The standard InChI is InChI=1S/C27H25F3N8O2/c1-14(2)37-12-20(27(28,29)30)35-24(37)16-6-7-17(19(39)8-16)11-38-25-18(10-34-38)9-31-23(36-25)21-22(15-4-5-15)32-13-33-26(21)40-3/h6-10,12-15,39H,4-5,11H2,1-3H3. The lowest BCUT2D eigenvalue weighted by molar-refractivity contribution is -0.140. The van der Waals surface area contributed by atoms with Crippen LogP contribution in [-0.2, 0) is 12.7 Å². The molecule has 0 spiro atoms. The summed E-state index contributed by atoms with van der Waals surface area (Å²) in [7, 11) is 1.54. The first kappa shape index (κ1) is 25.7. The van der Waals surface area contributed by atoms with Crippen molar-refractivity contribution in [3.63, 3.8) is 0 Å². The average Bonchev–Trinajstić information content (AvgIpc) is 3.53. The second kappa shape index (κ2) is 9.57. The Kier molecular flexibility index (Phi) is 6.15. The van der Waals surface area contributed by atoms with Crippen LogP contribution in [0.25, 0.3) is 33.8 Å². The maximum atomic E-state index is 13.3. The van der Waals surface area contributed by atoms with Gasteiger partial charge in [-0.05, 0) is 32.8 Å². The van der Waals surface area contributed by atoms with Crippen molar-refractivity contribution in [2.45, 2.75) is 51.4 Å². The largest absolute Gasteiger partial charge is 0.508 e. The van der Waals surface area contributed by atoms with Gasteiger partial charge in [0.2, 0.25) is 5.88 Å². The Labute approximate surface area is 226 Å². The zero-order valence-electron chi connectivity index (χ0n) is 21.9. The molecule has 6 rings (SSSR count). The zero-order valence-corrected chi connectivity index (χ0v) is 21.9. The molecule has 4 aromatic heterocycles. The number of imidazole rings is 1. The summed E-state index contributed by atoms with van der Waals surface area (Å²) in [5.74, 6) is 1.14. The number of halogens is 3. The fraction of sp³-hybridized carbons (Fsp3) is 0.333. The SMILES string of the molecule is COc1ncnc(C2CC2)c1-c1ncc2cnn(Cc3ccc(-c4nc(C(F)(F)F)cn4C(C)C)cc3O)c2n1. The number of phenolic OH excluding ortho intramolecular Hbond substituents is 1. The minimum atomic E-state index is -4.58. The van der Waals surface area contributed by atoms with Gasteiger partial charge in [-0.1, -0.05) is 12.1 Å². The highest BCUT2D eigenvalue weighted by molar-refractivity contribution is 5.77. The third-order valence-electron chi connectivity index (χ3n) is 6.84. The van der Waals surface area contributed by atoms with Crippen molar-refractivity contribution in [3.05, 3.63) is 60.1 Å². The van der Waals surface area contributed by atoms with E-state index in [4.69, 9.17) is 9.72 Å². The monoisotopic (exact) mass is 550 g/mol. The van der Waals surface area contributed by atoms with Crippen molar-refractivity contribution in [2.24, 2.45) is 0 Å². The Morgan fingerprint density at radius 1 is 1.10 bits per heavy atom. The summed E-state index contributed by atoms with van der Waals surface area (Å²) < 4.78 is 48.5. The highest BCUT2D eigenvalue weighted by Gasteiger charge is 2.35. The lowest BCUT2D eigenvalue weighted by atomic mass is 10.1. The average molecular weight is 551 g/mol. The minimum absolute atomic E-state index is 0.101.